The van der Waals surface area contributed by atoms with Crippen molar-refractivity contribution < 1.29 is 4.74 Å². The zero-order chi connectivity index (χ0) is 19.6. The molecule has 3 aromatic carbocycles. The molecule has 0 bridgehead atoms. The van der Waals surface area contributed by atoms with Crippen molar-refractivity contribution >= 4 is 10.8 Å². The standard InChI is InChI=1S/C27H30O/c1-3-5-6-7-8-19-28-27-17-13-23(14-18-27)9-10-24-12-16-25-20-22(4-2)11-15-26(25)21-24/h11-18,20-21H,3-8,19H2,1-2H3. The first kappa shape index (κ1) is 20.0. The van der Waals surface area contributed by atoms with Gasteiger partial charge in [-0.15, -0.1) is 0 Å². The molecule has 0 unspecified atom stereocenters. The minimum atomic E-state index is 0.797. The summed E-state index contributed by atoms with van der Waals surface area (Å²) >= 11 is 0. The smallest absolute Gasteiger partial charge is 0.119 e. The monoisotopic (exact) mass is 370 g/mol. The van der Waals surface area contributed by atoms with Crippen LogP contribution in [0.2, 0.25) is 0 Å². The summed E-state index contributed by atoms with van der Waals surface area (Å²) in [7, 11) is 0. The number of benzene rings is 3. The number of ether oxygens (including phenoxy) is 1. The van der Waals surface area contributed by atoms with Gasteiger partial charge in [0.1, 0.15) is 5.75 Å². The Kier molecular flexibility index (Phi) is 7.56. The first-order valence-corrected chi connectivity index (χ1v) is 10.6. The Morgan fingerprint density at radius 1 is 0.679 bits per heavy atom. The average molecular weight is 371 g/mol. The van der Waals surface area contributed by atoms with Gasteiger partial charge in [0.15, 0.2) is 0 Å². The lowest BCUT2D eigenvalue weighted by atomic mass is 10.0. The van der Waals surface area contributed by atoms with Crippen LogP contribution in [0.5, 0.6) is 5.75 Å². The Balaban J connectivity index is 1.57. The molecule has 0 aromatic heterocycles. The second-order valence-electron chi connectivity index (χ2n) is 7.29. The van der Waals surface area contributed by atoms with Gasteiger partial charge in [-0.3, -0.25) is 0 Å². The average Bonchev–Trinajstić information content (AvgIpc) is 2.75. The number of hydrogen-bond acceptors (Lipinski definition) is 1. The largest absolute Gasteiger partial charge is 0.494 e. The summed E-state index contributed by atoms with van der Waals surface area (Å²) in [6, 6.07) is 21.2. The molecular weight excluding hydrogens is 340 g/mol. The minimum absolute atomic E-state index is 0.797. The van der Waals surface area contributed by atoms with Gasteiger partial charge < -0.3 is 4.74 Å². The molecule has 0 saturated heterocycles. The lowest BCUT2D eigenvalue weighted by molar-refractivity contribution is 0.304. The fraction of sp³-hybridized carbons (Fsp3) is 0.333. The van der Waals surface area contributed by atoms with Crippen molar-refractivity contribution in [3.8, 4) is 17.6 Å². The summed E-state index contributed by atoms with van der Waals surface area (Å²) in [6.07, 6.45) is 7.36. The molecule has 0 heterocycles. The highest BCUT2D eigenvalue weighted by molar-refractivity contribution is 5.84. The van der Waals surface area contributed by atoms with Gasteiger partial charge in [-0.25, -0.2) is 0 Å². The van der Waals surface area contributed by atoms with E-state index in [2.05, 4.69) is 62.1 Å². The molecule has 28 heavy (non-hydrogen) atoms. The zero-order valence-corrected chi connectivity index (χ0v) is 17.1. The molecule has 3 aromatic rings. The summed E-state index contributed by atoms with van der Waals surface area (Å²) in [5.74, 6) is 7.47. The molecule has 0 fully saturated rings. The molecule has 0 saturated carbocycles. The van der Waals surface area contributed by atoms with Crippen LogP contribution >= 0.6 is 0 Å². The number of aryl methyl sites for hydroxylation is 1. The Morgan fingerprint density at radius 2 is 1.36 bits per heavy atom. The van der Waals surface area contributed by atoms with Gasteiger partial charge >= 0.3 is 0 Å². The van der Waals surface area contributed by atoms with Crippen molar-refractivity contribution in [3.05, 3.63) is 77.4 Å². The molecule has 1 nitrogen and oxygen atoms in total. The summed E-state index contributed by atoms with van der Waals surface area (Å²) in [5.41, 5.74) is 3.43. The van der Waals surface area contributed by atoms with E-state index in [1.165, 1.54) is 42.0 Å². The molecule has 0 radical (unpaired) electrons. The van der Waals surface area contributed by atoms with E-state index in [9.17, 15) is 0 Å². The first-order chi connectivity index (χ1) is 13.8. The van der Waals surface area contributed by atoms with Crippen LogP contribution in [0.1, 0.15) is 62.6 Å². The van der Waals surface area contributed by atoms with Gasteiger partial charge in [0.2, 0.25) is 0 Å². The van der Waals surface area contributed by atoms with Gasteiger partial charge in [-0.05, 0) is 65.6 Å². The highest BCUT2D eigenvalue weighted by Crippen LogP contribution is 2.18. The molecule has 0 aliphatic rings. The number of unbranched alkanes of at least 4 members (excludes halogenated alkanes) is 4. The lowest BCUT2D eigenvalue weighted by Crippen LogP contribution is -1.97. The van der Waals surface area contributed by atoms with Crippen molar-refractivity contribution in [1.82, 2.24) is 0 Å². The van der Waals surface area contributed by atoms with Crippen LogP contribution in [-0.4, -0.2) is 6.61 Å². The number of fused-ring (bicyclic) bond motifs is 1. The Labute approximate surface area is 169 Å². The van der Waals surface area contributed by atoms with Crippen LogP contribution in [0.25, 0.3) is 10.8 Å². The molecular formula is C27H30O. The van der Waals surface area contributed by atoms with Crippen LogP contribution in [0.15, 0.2) is 60.7 Å². The van der Waals surface area contributed by atoms with E-state index in [4.69, 9.17) is 4.74 Å². The number of hydrogen-bond donors (Lipinski definition) is 0. The molecule has 0 aliphatic carbocycles. The van der Waals surface area contributed by atoms with E-state index < -0.39 is 0 Å². The van der Waals surface area contributed by atoms with Crippen LogP contribution in [0, 0.1) is 11.8 Å². The summed E-state index contributed by atoms with van der Waals surface area (Å²) in [4.78, 5) is 0. The summed E-state index contributed by atoms with van der Waals surface area (Å²) in [6.45, 7) is 5.22. The topological polar surface area (TPSA) is 9.23 Å². The van der Waals surface area contributed by atoms with E-state index in [0.29, 0.717) is 0 Å². The first-order valence-electron chi connectivity index (χ1n) is 10.6. The van der Waals surface area contributed by atoms with Crippen molar-refractivity contribution in [2.45, 2.75) is 52.4 Å². The van der Waals surface area contributed by atoms with Gasteiger partial charge in [0, 0.05) is 11.1 Å². The van der Waals surface area contributed by atoms with E-state index in [0.717, 1.165) is 36.3 Å². The summed E-state index contributed by atoms with van der Waals surface area (Å²) < 4.78 is 5.82. The Bertz CT molecular complexity index is 941. The van der Waals surface area contributed by atoms with Crippen LogP contribution in [0.4, 0.5) is 0 Å². The van der Waals surface area contributed by atoms with E-state index in [-0.39, 0.29) is 0 Å². The van der Waals surface area contributed by atoms with E-state index in [1.54, 1.807) is 0 Å². The maximum Gasteiger partial charge on any atom is 0.119 e. The molecule has 0 spiro atoms. The van der Waals surface area contributed by atoms with Crippen molar-refractivity contribution in [3.63, 3.8) is 0 Å². The molecule has 0 amide bonds. The molecule has 3 rings (SSSR count). The van der Waals surface area contributed by atoms with Gasteiger partial charge in [0.25, 0.3) is 0 Å². The third-order valence-electron chi connectivity index (χ3n) is 5.04. The maximum absolute atomic E-state index is 5.82. The predicted octanol–water partition coefficient (Wildman–Crippen LogP) is 7.15. The quantitative estimate of drug-likeness (QED) is 0.302. The SMILES string of the molecule is CCCCCCCOc1ccc(C#Cc2ccc3cc(CC)ccc3c2)cc1. The predicted molar refractivity (Wildman–Crippen MR) is 120 cm³/mol. The Hall–Kier alpha value is -2.72. The fourth-order valence-electron chi connectivity index (χ4n) is 3.27. The molecule has 0 aliphatic heterocycles. The second-order valence-corrected chi connectivity index (χ2v) is 7.29. The van der Waals surface area contributed by atoms with Crippen LogP contribution in [0.3, 0.4) is 0 Å². The lowest BCUT2D eigenvalue weighted by Gasteiger charge is -2.05. The zero-order valence-electron chi connectivity index (χ0n) is 17.1. The van der Waals surface area contributed by atoms with E-state index in [1.807, 2.05) is 24.3 Å². The highest BCUT2D eigenvalue weighted by atomic mass is 16.5. The van der Waals surface area contributed by atoms with Gasteiger partial charge in [0.05, 0.1) is 6.61 Å². The number of rotatable bonds is 8. The molecule has 1 heteroatoms. The van der Waals surface area contributed by atoms with Gasteiger partial charge in [-0.1, -0.05) is 75.6 Å². The normalized spacial score (nSPS) is 10.5. The van der Waals surface area contributed by atoms with E-state index >= 15 is 0 Å². The van der Waals surface area contributed by atoms with Crippen molar-refractivity contribution in [2.75, 3.05) is 6.61 Å². The highest BCUT2D eigenvalue weighted by Gasteiger charge is 1.97. The second kappa shape index (κ2) is 10.6. The molecule has 0 N–H and O–H groups in total. The fourth-order valence-corrected chi connectivity index (χ4v) is 3.27. The molecule has 0 atom stereocenters. The minimum Gasteiger partial charge on any atom is -0.494 e. The Morgan fingerprint density at radius 3 is 2.14 bits per heavy atom. The third kappa shape index (κ3) is 5.89. The molecule has 144 valence electrons. The van der Waals surface area contributed by atoms with Crippen LogP contribution in [-0.2, 0) is 6.42 Å². The maximum atomic E-state index is 5.82. The van der Waals surface area contributed by atoms with Crippen LogP contribution < -0.4 is 4.74 Å². The van der Waals surface area contributed by atoms with Gasteiger partial charge in [-0.2, -0.15) is 0 Å². The van der Waals surface area contributed by atoms with Crippen molar-refractivity contribution in [2.24, 2.45) is 0 Å². The summed E-state index contributed by atoms with van der Waals surface area (Å²) in [5, 5.41) is 2.52. The van der Waals surface area contributed by atoms with Crippen molar-refractivity contribution in [1.29, 1.82) is 0 Å². The third-order valence-corrected chi connectivity index (χ3v) is 5.04.